The van der Waals surface area contributed by atoms with Gasteiger partial charge in [0.05, 0.1) is 30.3 Å². The highest BCUT2D eigenvalue weighted by molar-refractivity contribution is 7.13. The van der Waals surface area contributed by atoms with E-state index in [-0.39, 0.29) is 5.78 Å². The van der Waals surface area contributed by atoms with Gasteiger partial charge in [-0.25, -0.2) is 9.48 Å². The molecule has 0 saturated carbocycles. The second kappa shape index (κ2) is 10.6. The molecule has 0 atom stereocenters. The van der Waals surface area contributed by atoms with Crippen molar-refractivity contribution in [1.29, 1.82) is 0 Å². The summed E-state index contributed by atoms with van der Waals surface area (Å²) in [7, 11) is 2.99. The molecule has 8 heteroatoms. The molecule has 0 aliphatic rings. The summed E-state index contributed by atoms with van der Waals surface area (Å²) in [6.45, 7) is -0.410. The number of aromatic nitrogens is 2. The van der Waals surface area contributed by atoms with E-state index in [0.717, 1.165) is 21.8 Å². The van der Waals surface area contributed by atoms with Gasteiger partial charge in [-0.1, -0.05) is 24.3 Å². The highest BCUT2D eigenvalue weighted by Crippen LogP contribution is 2.29. The van der Waals surface area contributed by atoms with Crippen molar-refractivity contribution in [2.24, 2.45) is 0 Å². The van der Waals surface area contributed by atoms with Crippen LogP contribution in [0.2, 0.25) is 0 Å². The Morgan fingerprint density at radius 2 is 1.85 bits per heavy atom. The van der Waals surface area contributed by atoms with E-state index in [2.05, 4.69) is 0 Å². The first kappa shape index (κ1) is 23.0. The van der Waals surface area contributed by atoms with Gasteiger partial charge >= 0.3 is 5.97 Å². The average Bonchev–Trinajstić information content (AvgIpc) is 3.56. The third-order valence-electron chi connectivity index (χ3n) is 4.97. The van der Waals surface area contributed by atoms with Gasteiger partial charge in [-0.05, 0) is 41.8 Å². The van der Waals surface area contributed by atoms with Crippen LogP contribution in [0.25, 0.3) is 22.3 Å². The van der Waals surface area contributed by atoms with Crippen LogP contribution < -0.4 is 9.47 Å². The Labute approximate surface area is 200 Å². The number of nitrogens with zero attached hydrogens (tertiary/aromatic N) is 2. The zero-order valence-electron chi connectivity index (χ0n) is 18.6. The van der Waals surface area contributed by atoms with E-state index >= 15 is 0 Å². The number of para-hydroxylation sites is 1. The first-order valence-corrected chi connectivity index (χ1v) is 11.3. The van der Waals surface area contributed by atoms with Crippen LogP contribution in [0, 0.1) is 0 Å². The number of hydrogen-bond acceptors (Lipinski definition) is 7. The molecule has 0 aliphatic carbocycles. The maximum absolute atomic E-state index is 12.5. The van der Waals surface area contributed by atoms with E-state index in [9.17, 15) is 9.59 Å². The number of carbonyl (C=O) groups excluding carboxylic acids is 2. The molecule has 0 N–H and O–H groups in total. The van der Waals surface area contributed by atoms with E-state index in [1.807, 2.05) is 54.0 Å². The van der Waals surface area contributed by atoms with Gasteiger partial charge in [-0.15, -0.1) is 11.3 Å². The zero-order chi connectivity index (χ0) is 23.9. The first-order chi connectivity index (χ1) is 16.6. The maximum atomic E-state index is 12.5. The quantitative estimate of drug-likeness (QED) is 0.192. The highest BCUT2D eigenvalue weighted by Gasteiger charge is 2.16. The number of ether oxygens (including phenoxy) is 3. The number of rotatable bonds is 9. The Kier molecular flexibility index (Phi) is 7.19. The predicted molar refractivity (Wildman–Crippen MR) is 131 cm³/mol. The van der Waals surface area contributed by atoms with E-state index in [4.69, 9.17) is 19.3 Å². The molecule has 0 radical (unpaired) electrons. The fourth-order valence-corrected chi connectivity index (χ4v) is 4.01. The third-order valence-corrected chi connectivity index (χ3v) is 5.85. The standard InChI is InChI=1S/C26H22N2O5S/c1-31-20-11-12-21(23(15-20)32-2)22(29)17-33-25(30)13-10-18-16-28(19-7-4-3-5-8-19)27-26(18)24-9-6-14-34-24/h3-16H,17H2,1-2H3. The smallest absolute Gasteiger partial charge is 0.331 e. The normalized spacial score (nSPS) is 10.9. The molecule has 2 aromatic heterocycles. The van der Waals surface area contributed by atoms with Crippen molar-refractivity contribution in [2.45, 2.75) is 0 Å². The maximum Gasteiger partial charge on any atom is 0.331 e. The first-order valence-electron chi connectivity index (χ1n) is 10.4. The van der Waals surface area contributed by atoms with E-state index in [1.165, 1.54) is 20.3 Å². The van der Waals surface area contributed by atoms with Gasteiger partial charge in [0.25, 0.3) is 0 Å². The summed E-state index contributed by atoms with van der Waals surface area (Å²) in [5.41, 5.74) is 2.72. The molecule has 0 spiro atoms. The van der Waals surface area contributed by atoms with E-state index < -0.39 is 12.6 Å². The van der Waals surface area contributed by atoms with E-state index in [1.54, 1.807) is 40.3 Å². The van der Waals surface area contributed by atoms with Crippen molar-refractivity contribution in [3.8, 4) is 27.8 Å². The summed E-state index contributed by atoms with van der Waals surface area (Å²) in [6.07, 6.45) is 4.78. The van der Waals surface area contributed by atoms with Crippen molar-refractivity contribution >= 4 is 29.2 Å². The Bertz CT molecular complexity index is 1310. The number of thiophene rings is 1. The number of Topliss-reactive ketones (excluding diaryl/α,β-unsaturated/α-hetero) is 1. The van der Waals surface area contributed by atoms with Crippen LogP contribution in [0.3, 0.4) is 0 Å². The Hall–Kier alpha value is -4.17. The minimum absolute atomic E-state index is 0.309. The molecule has 7 nitrogen and oxygen atoms in total. The van der Waals surface area contributed by atoms with Crippen LogP contribution in [0.15, 0.2) is 78.3 Å². The minimum Gasteiger partial charge on any atom is -0.497 e. The van der Waals surface area contributed by atoms with Crippen molar-refractivity contribution in [3.05, 3.63) is 89.4 Å². The minimum atomic E-state index is -0.634. The molecule has 2 heterocycles. The lowest BCUT2D eigenvalue weighted by atomic mass is 10.1. The second-order valence-electron chi connectivity index (χ2n) is 7.12. The van der Waals surface area contributed by atoms with Gasteiger partial charge in [-0.2, -0.15) is 5.10 Å². The third kappa shape index (κ3) is 5.24. The molecule has 34 heavy (non-hydrogen) atoms. The molecule has 0 amide bonds. The Morgan fingerprint density at radius 1 is 1.03 bits per heavy atom. The average molecular weight is 475 g/mol. The number of benzene rings is 2. The molecule has 0 unspecified atom stereocenters. The summed E-state index contributed by atoms with van der Waals surface area (Å²) in [4.78, 5) is 25.9. The highest BCUT2D eigenvalue weighted by atomic mass is 32.1. The second-order valence-corrected chi connectivity index (χ2v) is 8.07. The molecule has 4 rings (SSSR count). The fourth-order valence-electron chi connectivity index (χ4n) is 3.28. The van der Waals surface area contributed by atoms with Crippen LogP contribution in [0.4, 0.5) is 0 Å². The van der Waals surface area contributed by atoms with Gasteiger partial charge in [0.1, 0.15) is 17.2 Å². The number of hydrogen-bond donors (Lipinski definition) is 0. The van der Waals surface area contributed by atoms with E-state index in [0.29, 0.717) is 17.1 Å². The molecule has 0 saturated heterocycles. The van der Waals surface area contributed by atoms with Crippen molar-refractivity contribution in [3.63, 3.8) is 0 Å². The lowest BCUT2D eigenvalue weighted by Gasteiger charge is -2.09. The molecule has 0 bridgehead atoms. The van der Waals surface area contributed by atoms with Crippen LogP contribution >= 0.6 is 11.3 Å². The lowest BCUT2D eigenvalue weighted by molar-refractivity contribution is -0.136. The summed E-state index contributed by atoms with van der Waals surface area (Å²) in [5, 5.41) is 6.66. The fraction of sp³-hybridized carbons (Fsp3) is 0.115. The van der Waals surface area contributed by atoms with Gasteiger partial charge in [-0.3, -0.25) is 4.79 Å². The van der Waals surface area contributed by atoms with Crippen LogP contribution in [-0.4, -0.2) is 42.4 Å². The molecule has 0 aliphatic heterocycles. The largest absolute Gasteiger partial charge is 0.497 e. The number of methoxy groups -OCH3 is 2. The summed E-state index contributed by atoms with van der Waals surface area (Å²) < 4.78 is 17.3. The number of ketones is 1. The predicted octanol–water partition coefficient (Wildman–Crippen LogP) is 5.06. The van der Waals surface area contributed by atoms with Crippen molar-refractivity contribution < 1.29 is 23.8 Å². The molecule has 0 fully saturated rings. The lowest BCUT2D eigenvalue weighted by Crippen LogP contribution is -2.13. The molecule has 4 aromatic rings. The Balaban J connectivity index is 1.48. The number of carbonyl (C=O) groups is 2. The van der Waals surface area contributed by atoms with Crippen LogP contribution in [-0.2, 0) is 9.53 Å². The Morgan fingerprint density at radius 3 is 2.56 bits per heavy atom. The molecule has 172 valence electrons. The topological polar surface area (TPSA) is 79.7 Å². The summed E-state index contributed by atoms with van der Waals surface area (Å²) in [5.74, 6) is -0.0985. The summed E-state index contributed by atoms with van der Waals surface area (Å²) in [6, 6.07) is 18.5. The van der Waals surface area contributed by atoms with Crippen molar-refractivity contribution in [2.75, 3.05) is 20.8 Å². The molecular formula is C26H22N2O5S. The van der Waals surface area contributed by atoms with Crippen molar-refractivity contribution in [1.82, 2.24) is 9.78 Å². The van der Waals surface area contributed by atoms with Gasteiger partial charge in [0, 0.05) is 23.9 Å². The van der Waals surface area contributed by atoms with Gasteiger partial charge in [0.2, 0.25) is 5.78 Å². The van der Waals surface area contributed by atoms with Gasteiger partial charge in [0.15, 0.2) is 6.61 Å². The number of esters is 1. The van der Waals surface area contributed by atoms with Gasteiger partial charge < -0.3 is 14.2 Å². The molecular weight excluding hydrogens is 452 g/mol. The zero-order valence-corrected chi connectivity index (χ0v) is 19.5. The summed E-state index contributed by atoms with van der Waals surface area (Å²) >= 11 is 1.56. The SMILES string of the molecule is COc1ccc(C(=O)COC(=O)C=Cc2cn(-c3ccccc3)nc2-c2cccs2)c(OC)c1. The molecule has 2 aromatic carbocycles. The van der Waals surface area contributed by atoms with Crippen LogP contribution in [0.5, 0.6) is 11.5 Å². The van der Waals surface area contributed by atoms with Crippen LogP contribution in [0.1, 0.15) is 15.9 Å². The monoisotopic (exact) mass is 474 g/mol.